The molecule has 12 heavy (non-hydrogen) atoms. The molecule has 1 aliphatic rings. The van der Waals surface area contributed by atoms with E-state index in [1.54, 1.807) is 4.90 Å². The first-order valence-electron chi connectivity index (χ1n) is 4.94. The fraction of sp³-hybridized carbons (Fsp3) is 0.900. The third-order valence-electron chi connectivity index (χ3n) is 2.59. The van der Waals surface area contributed by atoms with Crippen molar-refractivity contribution in [2.24, 2.45) is 5.41 Å². The molecule has 1 fully saturated rings. The molecule has 0 atom stereocenters. The lowest BCUT2D eigenvalue weighted by Crippen LogP contribution is -3.14. The molecule has 0 aromatic heterocycles. The number of carbonyl (C=O) groups is 1. The van der Waals surface area contributed by atoms with Gasteiger partial charge in [-0.2, -0.15) is 0 Å². The highest BCUT2D eigenvalue weighted by molar-refractivity contribution is 5.57. The predicted molar refractivity (Wildman–Crippen MR) is 49.3 cm³/mol. The highest BCUT2D eigenvalue weighted by Gasteiger charge is 2.25. The molecule has 0 aromatic carbocycles. The minimum atomic E-state index is -0.118. The van der Waals surface area contributed by atoms with Gasteiger partial charge in [-0.05, 0) is 33.1 Å². The molecule has 0 bridgehead atoms. The maximum atomic E-state index is 10.7. The monoisotopic (exact) mass is 170 g/mol. The van der Waals surface area contributed by atoms with Crippen molar-refractivity contribution in [3.63, 3.8) is 0 Å². The molecule has 1 rings (SSSR count). The molecule has 1 heterocycles. The van der Waals surface area contributed by atoms with Crippen LogP contribution in [-0.4, -0.2) is 25.9 Å². The zero-order chi connectivity index (χ0) is 9.03. The summed E-state index contributed by atoms with van der Waals surface area (Å²) in [4.78, 5) is 12.3. The fourth-order valence-corrected chi connectivity index (χ4v) is 1.91. The Balaban J connectivity index is 2.33. The molecule has 0 radical (unpaired) electrons. The van der Waals surface area contributed by atoms with Crippen LogP contribution >= 0.6 is 0 Å². The van der Waals surface area contributed by atoms with Gasteiger partial charge in [-0.25, -0.2) is 0 Å². The summed E-state index contributed by atoms with van der Waals surface area (Å²) in [6, 6.07) is 0. The number of quaternary nitrogens is 1. The lowest BCUT2D eigenvalue weighted by molar-refractivity contribution is -0.909. The molecule has 2 nitrogen and oxygen atoms in total. The lowest BCUT2D eigenvalue weighted by Gasteiger charge is -2.28. The largest absolute Gasteiger partial charge is 0.334 e. The molecular formula is C10H20NO+. The second kappa shape index (κ2) is 4.04. The Hall–Kier alpha value is -0.370. The molecule has 70 valence electrons. The second-order valence-electron chi connectivity index (χ2n) is 4.59. The number of hydrogen-bond acceptors (Lipinski definition) is 1. The highest BCUT2D eigenvalue weighted by atomic mass is 16.1. The molecule has 1 aliphatic heterocycles. The lowest BCUT2D eigenvalue weighted by atomic mass is 9.94. The van der Waals surface area contributed by atoms with E-state index in [4.69, 9.17) is 0 Å². The summed E-state index contributed by atoms with van der Waals surface area (Å²) in [6.07, 6.45) is 5.15. The van der Waals surface area contributed by atoms with E-state index < -0.39 is 0 Å². The molecule has 0 amide bonds. The van der Waals surface area contributed by atoms with Gasteiger partial charge in [-0.3, -0.25) is 0 Å². The van der Waals surface area contributed by atoms with Gasteiger partial charge < -0.3 is 9.69 Å². The Morgan fingerprint density at radius 1 is 1.25 bits per heavy atom. The minimum Gasteiger partial charge on any atom is -0.334 e. The van der Waals surface area contributed by atoms with Crippen LogP contribution in [0.4, 0.5) is 0 Å². The van der Waals surface area contributed by atoms with Crippen LogP contribution in [0.15, 0.2) is 0 Å². The second-order valence-corrected chi connectivity index (χ2v) is 4.59. The Morgan fingerprint density at radius 3 is 2.33 bits per heavy atom. The molecule has 2 heteroatoms. The zero-order valence-corrected chi connectivity index (χ0v) is 8.23. The summed E-state index contributed by atoms with van der Waals surface area (Å²) in [6.45, 7) is 7.59. The quantitative estimate of drug-likeness (QED) is 0.604. The number of nitrogens with one attached hydrogen (secondary N) is 1. The predicted octanol–water partition coefficient (Wildman–Crippen LogP) is 0.280. The molecule has 0 aromatic rings. The van der Waals surface area contributed by atoms with Crippen LogP contribution < -0.4 is 4.90 Å². The van der Waals surface area contributed by atoms with Crippen LogP contribution in [0, 0.1) is 5.41 Å². The van der Waals surface area contributed by atoms with Crippen LogP contribution in [0.5, 0.6) is 0 Å². The van der Waals surface area contributed by atoms with E-state index in [9.17, 15) is 4.79 Å². The Labute approximate surface area is 74.9 Å². The van der Waals surface area contributed by atoms with Crippen LogP contribution in [0.1, 0.15) is 33.1 Å². The average Bonchev–Trinajstić information content (AvgIpc) is 2.06. The molecule has 0 saturated carbocycles. The van der Waals surface area contributed by atoms with E-state index in [0.29, 0.717) is 0 Å². The Kier molecular flexibility index (Phi) is 3.27. The van der Waals surface area contributed by atoms with Crippen LogP contribution in [0.2, 0.25) is 0 Å². The van der Waals surface area contributed by atoms with Crippen LogP contribution in [0.25, 0.3) is 0 Å². The first-order valence-corrected chi connectivity index (χ1v) is 4.94. The summed E-state index contributed by atoms with van der Waals surface area (Å²) in [5.74, 6) is 0. The standard InChI is InChI=1S/C10H19NO/c1-10(2,9-12)8-11-6-4-3-5-7-11/h9H,3-8H2,1-2H3/p+1. The van der Waals surface area contributed by atoms with Crippen molar-refractivity contribution in [3.05, 3.63) is 0 Å². The molecular weight excluding hydrogens is 150 g/mol. The fourth-order valence-electron chi connectivity index (χ4n) is 1.91. The van der Waals surface area contributed by atoms with Gasteiger partial charge in [0.15, 0.2) is 0 Å². The maximum Gasteiger partial charge on any atom is 0.131 e. The molecule has 0 aliphatic carbocycles. The van der Waals surface area contributed by atoms with E-state index in [1.807, 2.05) is 13.8 Å². The first-order chi connectivity index (χ1) is 5.64. The summed E-state index contributed by atoms with van der Waals surface area (Å²) < 4.78 is 0. The van der Waals surface area contributed by atoms with Gasteiger partial charge in [0.1, 0.15) is 6.29 Å². The summed E-state index contributed by atoms with van der Waals surface area (Å²) in [7, 11) is 0. The number of rotatable bonds is 3. The van der Waals surface area contributed by atoms with Crippen molar-refractivity contribution < 1.29 is 9.69 Å². The van der Waals surface area contributed by atoms with Crippen molar-refractivity contribution in [2.75, 3.05) is 19.6 Å². The van der Waals surface area contributed by atoms with Crippen molar-refractivity contribution in [1.82, 2.24) is 0 Å². The van der Waals surface area contributed by atoms with E-state index in [0.717, 1.165) is 12.8 Å². The number of carbonyl (C=O) groups excluding carboxylic acids is 1. The first kappa shape index (κ1) is 9.72. The van der Waals surface area contributed by atoms with Gasteiger partial charge in [-0.15, -0.1) is 0 Å². The Bertz CT molecular complexity index is 148. The smallest absolute Gasteiger partial charge is 0.131 e. The average molecular weight is 170 g/mol. The molecule has 1 saturated heterocycles. The van der Waals surface area contributed by atoms with Crippen molar-refractivity contribution in [2.45, 2.75) is 33.1 Å². The van der Waals surface area contributed by atoms with E-state index in [2.05, 4.69) is 0 Å². The minimum absolute atomic E-state index is 0.118. The maximum absolute atomic E-state index is 10.7. The molecule has 1 N–H and O–H groups in total. The third kappa shape index (κ3) is 2.94. The van der Waals surface area contributed by atoms with Crippen molar-refractivity contribution in [1.29, 1.82) is 0 Å². The third-order valence-corrected chi connectivity index (χ3v) is 2.59. The number of piperidine rings is 1. The highest BCUT2D eigenvalue weighted by Crippen LogP contribution is 2.07. The van der Waals surface area contributed by atoms with Crippen molar-refractivity contribution in [3.8, 4) is 0 Å². The Morgan fingerprint density at radius 2 is 1.83 bits per heavy atom. The van der Waals surface area contributed by atoms with E-state index in [-0.39, 0.29) is 5.41 Å². The number of aldehydes is 1. The zero-order valence-electron chi connectivity index (χ0n) is 8.23. The van der Waals surface area contributed by atoms with E-state index >= 15 is 0 Å². The van der Waals surface area contributed by atoms with Crippen LogP contribution in [0.3, 0.4) is 0 Å². The SMILES string of the molecule is CC(C)(C=O)C[NH+]1CCCCC1. The van der Waals surface area contributed by atoms with Crippen LogP contribution in [-0.2, 0) is 4.79 Å². The van der Waals surface area contributed by atoms with Crippen molar-refractivity contribution >= 4 is 6.29 Å². The summed E-state index contributed by atoms with van der Waals surface area (Å²) in [5.41, 5.74) is -0.118. The van der Waals surface area contributed by atoms with Gasteiger partial charge in [0.2, 0.25) is 0 Å². The normalized spacial score (nSPS) is 20.8. The van der Waals surface area contributed by atoms with Gasteiger partial charge in [-0.1, -0.05) is 0 Å². The topological polar surface area (TPSA) is 21.5 Å². The van der Waals surface area contributed by atoms with Gasteiger partial charge >= 0.3 is 0 Å². The summed E-state index contributed by atoms with van der Waals surface area (Å²) in [5, 5.41) is 0. The number of likely N-dealkylation sites (tertiary alicyclic amines) is 1. The summed E-state index contributed by atoms with van der Waals surface area (Å²) >= 11 is 0. The van der Waals surface area contributed by atoms with Gasteiger partial charge in [0, 0.05) is 0 Å². The molecule has 0 unspecified atom stereocenters. The van der Waals surface area contributed by atoms with Gasteiger partial charge in [0.25, 0.3) is 0 Å². The van der Waals surface area contributed by atoms with E-state index in [1.165, 1.54) is 32.4 Å². The van der Waals surface area contributed by atoms with Gasteiger partial charge in [0.05, 0.1) is 25.0 Å². The molecule has 0 spiro atoms. The number of hydrogen-bond donors (Lipinski definition) is 1.